The van der Waals surface area contributed by atoms with Crippen molar-refractivity contribution in [2.45, 2.75) is 63.8 Å². The molecule has 3 atom stereocenters. The van der Waals surface area contributed by atoms with E-state index in [0.717, 1.165) is 42.8 Å². The van der Waals surface area contributed by atoms with Gasteiger partial charge in [-0.3, -0.25) is 9.58 Å². The van der Waals surface area contributed by atoms with Gasteiger partial charge in [0, 0.05) is 16.4 Å². The highest BCUT2D eigenvalue weighted by Gasteiger charge is 2.43. The molecule has 2 aliphatic heterocycles. The van der Waals surface area contributed by atoms with E-state index in [2.05, 4.69) is 41.4 Å². The Kier molecular flexibility index (Phi) is 7.72. The van der Waals surface area contributed by atoms with E-state index < -0.39 is 0 Å². The SMILES string of the molecule is C=Ic1cc(NC(=O)N2Cc3c(N4C(=O)N[C@@H]5CCCC[C@H]54)cnn3C[C@@H]2C)cc(I=C)c1I=C. The minimum atomic E-state index is -0.351. The van der Waals surface area contributed by atoms with E-state index in [1.54, 1.807) is 6.20 Å². The summed E-state index contributed by atoms with van der Waals surface area (Å²) >= 11 is -0.991. The summed E-state index contributed by atoms with van der Waals surface area (Å²) in [6, 6.07) is 4.34. The smallest absolute Gasteiger partial charge is 0.322 e. The van der Waals surface area contributed by atoms with E-state index >= 15 is 0 Å². The Labute approximate surface area is 235 Å². The van der Waals surface area contributed by atoms with Gasteiger partial charge >= 0.3 is 12.1 Å². The highest BCUT2D eigenvalue weighted by Crippen LogP contribution is 2.36. The molecule has 0 spiro atoms. The van der Waals surface area contributed by atoms with Crippen LogP contribution in [0.3, 0.4) is 0 Å². The predicted octanol–water partition coefficient (Wildman–Crippen LogP) is 4.88. The maximum Gasteiger partial charge on any atom is 0.322 e. The van der Waals surface area contributed by atoms with Crippen LogP contribution in [0.15, 0.2) is 18.3 Å². The summed E-state index contributed by atoms with van der Waals surface area (Å²) in [6.45, 7) is 3.05. The molecule has 0 unspecified atom stereocenters. The molecule has 5 rings (SSSR count). The summed E-state index contributed by atoms with van der Waals surface area (Å²) in [7, 11) is 0. The van der Waals surface area contributed by atoms with Gasteiger partial charge in [0.15, 0.2) is 0 Å². The molecule has 1 aromatic heterocycles. The van der Waals surface area contributed by atoms with Gasteiger partial charge in [-0.2, -0.15) is 5.10 Å². The van der Waals surface area contributed by atoms with Gasteiger partial charge in [0.2, 0.25) is 0 Å². The molecule has 0 bridgehead atoms. The van der Waals surface area contributed by atoms with Gasteiger partial charge in [-0.25, -0.2) is 9.59 Å². The molecule has 2 N–H and O–H groups in total. The van der Waals surface area contributed by atoms with Gasteiger partial charge in [0.05, 0.1) is 48.8 Å². The molecule has 1 saturated carbocycles. The Morgan fingerprint density at radius 1 is 1.14 bits per heavy atom. The Balaban J connectivity index is 1.40. The molecule has 1 saturated heterocycles. The molecule has 2 fully saturated rings. The lowest BCUT2D eigenvalue weighted by molar-refractivity contribution is 0.161. The van der Waals surface area contributed by atoms with E-state index in [1.807, 2.05) is 21.4 Å². The van der Waals surface area contributed by atoms with Crippen molar-refractivity contribution >= 4 is 99.2 Å². The van der Waals surface area contributed by atoms with Crippen LogP contribution in [0.5, 0.6) is 0 Å². The highest BCUT2D eigenvalue weighted by atomic mass is 127. The van der Waals surface area contributed by atoms with Crippen molar-refractivity contribution in [1.82, 2.24) is 20.0 Å². The molecule has 1 aliphatic carbocycles. The number of amides is 4. The van der Waals surface area contributed by atoms with Crippen molar-refractivity contribution < 1.29 is 9.59 Å². The summed E-state index contributed by atoms with van der Waals surface area (Å²) in [4.78, 5) is 30.1. The van der Waals surface area contributed by atoms with Crippen LogP contribution in [0.25, 0.3) is 0 Å². The maximum atomic E-state index is 13.5. The number of carbonyl (C=O) groups is 2. The fourth-order valence-electron chi connectivity index (χ4n) is 5.26. The second-order valence-electron chi connectivity index (χ2n) is 9.00. The Bertz CT molecular complexity index is 1200. The number of anilines is 2. The number of carbonyl (C=O) groups excluding carboxylic acids is 2. The van der Waals surface area contributed by atoms with Crippen molar-refractivity contribution in [2.75, 3.05) is 10.2 Å². The first-order valence-electron chi connectivity index (χ1n) is 11.5. The lowest BCUT2D eigenvalue weighted by Gasteiger charge is -2.36. The van der Waals surface area contributed by atoms with Crippen LogP contribution in [0, 0.1) is 10.7 Å². The van der Waals surface area contributed by atoms with Crippen LogP contribution in [0.4, 0.5) is 21.0 Å². The van der Waals surface area contributed by atoms with Crippen molar-refractivity contribution in [3.8, 4) is 0 Å². The van der Waals surface area contributed by atoms with Gasteiger partial charge in [0.1, 0.15) is 0 Å². The Morgan fingerprint density at radius 2 is 1.86 bits per heavy atom. The highest BCUT2D eigenvalue weighted by molar-refractivity contribution is 14.2. The topological polar surface area (TPSA) is 82.5 Å². The third-order valence-corrected chi connectivity index (χ3v) is 14.3. The second kappa shape index (κ2) is 10.6. The monoisotopic (exact) mass is 814 g/mol. The van der Waals surface area contributed by atoms with Crippen LogP contribution < -0.4 is 15.5 Å². The summed E-state index contributed by atoms with van der Waals surface area (Å²) < 4.78 is 18.4. The first kappa shape index (κ1) is 25.4. The van der Waals surface area contributed by atoms with Crippen LogP contribution in [-0.2, 0) is 13.1 Å². The van der Waals surface area contributed by atoms with Gasteiger partial charge < -0.3 is 15.5 Å². The quantitative estimate of drug-likeness (QED) is 0.334. The third-order valence-electron chi connectivity index (χ3n) is 6.98. The van der Waals surface area contributed by atoms with Gasteiger partial charge in [-0.05, 0) is 31.9 Å². The fourth-order valence-corrected chi connectivity index (χ4v) is 13.0. The molecule has 188 valence electrons. The van der Waals surface area contributed by atoms with Crippen molar-refractivity contribution in [1.29, 1.82) is 0 Å². The minimum absolute atomic E-state index is 0.0189. The molecular weight excluding hydrogens is 785 g/mol. The first-order valence-corrected chi connectivity index (χ1v) is 19.3. The number of hydrogen-bond acceptors (Lipinski definition) is 3. The number of rotatable bonds is 5. The predicted molar refractivity (Wildman–Crippen MR) is 169 cm³/mol. The van der Waals surface area contributed by atoms with Crippen molar-refractivity contribution in [2.24, 2.45) is 0 Å². The molecular formula is C24H29I3N6O2. The molecule has 4 amide bonds. The van der Waals surface area contributed by atoms with Crippen LogP contribution >= 0.6 is 62.2 Å². The number of urea groups is 2. The van der Waals surface area contributed by atoms with E-state index in [1.165, 1.54) is 10.7 Å². The zero-order chi connectivity index (χ0) is 24.7. The summed E-state index contributed by atoms with van der Waals surface area (Å²) in [5.41, 5.74) is 2.58. The number of fused-ring (bicyclic) bond motifs is 2. The van der Waals surface area contributed by atoms with Crippen LogP contribution in [0.2, 0.25) is 0 Å². The maximum absolute atomic E-state index is 13.5. The number of halogens is 3. The molecule has 0 radical (unpaired) electrons. The summed E-state index contributed by atoms with van der Waals surface area (Å²) in [6.07, 6.45) is 6.10. The number of hydrogen-bond donors (Lipinski definition) is 2. The van der Waals surface area contributed by atoms with Crippen molar-refractivity contribution in [3.05, 3.63) is 34.7 Å². The van der Waals surface area contributed by atoms with Gasteiger partial charge in [-0.1, -0.05) is 88.6 Å². The number of aromatic nitrogens is 2. The van der Waals surface area contributed by atoms with Crippen molar-refractivity contribution in [3.63, 3.8) is 0 Å². The molecule has 8 nitrogen and oxygen atoms in total. The van der Waals surface area contributed by atoms with E-state index in [0.29, 0.717) is 13.1 Å². The number of nitrogens with zero attached hydrogens (tertiary/aromatic N) is 4. The number of nitrogens with one attached hydrogen (secondary N) is 2. The molecule has 3 aliphatic rings. The molecule has 3 heterocycles. The Hall–Kier alpha value is -1.23. The third kappa shape index (κ3) is 4.76. The standard InChI is InChI=1S/C24H29I3N6O2/c1-14-12-32-21(20(11-28-32)33-19-8-6-5-7-18(19)30-24(33)35)13-31(14)23(34)29-15-9-16(25-2)22(27-4)17(10-15)26-3/h9-11,14,18-19H,2-8,12-13H2,1H3,(H,29,34)(H,30,35)/t14-,18+,19+/m0/s1. The number of benzene rings is 1. The minimum Gasteiger partial charge on any atom is -0.333 e. The largest absolute Gasteiger partial charge is 0.333 e. The molecule has 35 heavy (non-hydrogen) atoms. The normalized spacial score (nSPS) is 23.6. The molecule has 11 heteroatoms. The fraction of sp³-hybridized carbons (Fsp3) is 0.417. The average molecular weight is 814 g/mol. The van der Waals surface area contributed by atoms with E-state index in [4.69, 9.17) is 0 Å². The first-order chi connectivity index (χ1) is 16.9. The zero-order valence-electron chi connectivity index (χ0n) is 19.6. The van der Waals surface area contributed by atoms with Crippen LogP contribution in [-0.4, -0.2) is 58.4 Å². The van der Waals surface area contributed by atoms with E-state index in [9.17, 15) is 9.59 Å². The van der Waals surface area contributed by atoms with Gasteiger partial charge in [-0.15, -0.1) is 0 Å². The lowest BCUT2D eigenvalue weighted by atomic mass is 9.91. The lowest BCUT2D eigenvalue weighted by Crippen LogP contribution is -2.47. The summed E-state index contributed by atoms with van der Waals surface area (Å²) in [5.74, 6) is 0. The second-order valence-corrected chi connectivity index (χ2v) is 14.7. The van der Waals surface area contributed by atoms with Crippen LogP contribution in [0.1, 0.15) is 38.3 Å². The zero-order valence-corrected chi connectivity index (χ0v) is 26.0. The molecule has 2 aromatic rings. The van der Waals surface area contributed by atoms with Gasteiger partial charge in [0.25, 0.3) is 0 Å². The summed E-state index contributed by atoms with van der Waals surface area (Å²) in [5, 5.41) is 10.9. The average Bonchev–Trinajstić information content (AvgIpc) is 3.41. The molecule has 1 aromatic carbocycles. The van der Waals surface area contributed by atoms with E-state index in [-0.39, 0.29) is 92.4 Å². The Morgan fingerprint density at radius 3 is 2.54 bits per heavy atom.